The number of nitrogens with one attached hydrogen (secondary N) is 1. The zero-order valence-corrected chi connectivity index (χ0v) is 11.0. The van der Waals surface area contributed by atoms with Crippen molar-refractivity contribution in [1.82, 2.24) is 20.3 Å². The Balaban J connectivity index is 2.32. The molecular weight excluding hydrogens is 224 g/mol. The van der Waals surface area contributed by atoms with Crippen LogP contribution in [0.3, 0.4) is 0 Å². The third kappa shape index (κ3) is 2.76. The number of rotatable bonds is 6. The maximum absolute atomic E-state index is 4.16. The minimum atomic E-state index is 0.165. The second-order valence-corrected chi connectivity index (χ2v) is 4.28. The van der Waals surface area contributed by atoms with Gasteiger partial charge >= 0.3 is 0 Å². The summed E-state index contributed by atoms with van der Waals surface area (Å²) in [6.45, 7) is 6.08. The van der Waals surface area contributed by atoms with Crippen molar-refractivity contribution in [3.63, 3.8) is 0 Å². The first-order chi connectivity index (χ1) is 8.86. The van der Waals surface area contributed by atoms with E-state index in [9.17, 15) is 0 Å². The van der Waals surface area contributed by atoms with Crippen LogP contribution in [-0.4, -0.2) is 21.5 Å². The average Bonchev–Trinajstić information content (AvgIpc) is 2.85. The standard InChI is InChI=1S/C14H20N4/c1-3-10-18-13(11-16-17-18)14(15-4-2)12-8-6-5-7-9-12/h5-9,11,14-15H,3-4,10H2,1-2H3. The Morgan fingerprint density at radius 3 is 2.67 bits per heavy atom. The topological polar surface area (TPSA) is 42.7 Å². The van der Waals surface area contributed by atoms with Crippen molar-refractivity contribution in [1.29, 1.82) is 0 Å². The first kappa shape index (κ1) is 12.8. The third-order valence-corrected chi connectivity index (χ3v) is 2.92. The van der Waals surface area contributed by atoms with Crippen LogP contribution in [0.15, 0.2) is 36.5 Å². The van der Waals surface area contributed by atoms with Crippen LogP contribution in [-0.2, 0) is 6.54 Å². The number of aryl methyl sites for hydroxylation is 1. The Hall–Kier alpha value is -1.68. The largest absolute Gasteiger partial charge is 0.305 e. The molecule has 0 amide bonds. The Morgan fingerprint density at radius 2 is 2.00 bits per heavy atom. The maximum atomic E-state index is 4.16. The first-order valence-electron chi connectivity index (χ1n) is 6.53. The first-order valence-corrected chi connectivity index (χ1v) is 6.53. The summed E-state index contributed by atoms with van der Waals surface area (Å²) in [6.07, 6.45) is 2.92. The lowest BCUT2D eigenvalue weighted by atomic mass is 10.0. The second-order valence-electron chi connectivity index (χ2n) is 4.28. The van der Waals surface area contributed by atoms with Crippen molar-refractivity contribution in [2.45, 2.75) is 32.9 Å². The van der Waals surface area contributed by atoms with Crippen LogP contribution in [0, 0.1) is 0 Å². The highest BCUT2D eigenvalue weighted by Gasteiger charge is 2.17. The maximum Gasteiger partial charge on any atom is 0.0801 e. The van der Waals surface area contributed by atoms with E-state index >= 15 is 0 Å². The summed E-state index contributed by atoms with van der Waals surface area (Å²) >= 11 is 0. The molecule has 0 spiro atoms. The van der Waals surface area contributed by atoms with Gasteiger partial charge in [-0.05, 0) is 18.5 Å². The van der Waals surface area contributed by atoms with Crippen molar-refractivity contribution in [3.8, 4) is 0 Å². The van der Waals surface area contributed by atoms with Gasteiger partial charge in [0.1, 0.15) is 0 Å². The van der Waals surface area contributed by atoms with Gasteiger partial charge in [0.05, 0.1) is 17.9 Å². The molecule has 0 bridgehead atoms. The smallest absolute Gasteiger partial charge is 0.0801 e. The molecule has 0 aliphatic heterocycles. The van der Waals surface area contributed by atoms with Gasteiger partial charge in [0.15, 0.2) is 0 Å². The third-order valence-electron chi connectivity index (χ3n) is 2.92. The zero-order valence-electron chi connectivity index (χ0n) is 11.0. The predicted octanol–water partition coefficient (Wildman–Crippen LogP) is 2.39. The fourth-order valence-corrected chi connectivity index (χ4v) is 2.12. The van der Waals surface area contributed by atoms with Gasteiger partial charge < -0.3 is 5.32 Å². The zero-order chi connectivity index (χ0) is 12.8. The molecule has 0 radical (unpaired) electrons. The minimum Gasteiger partial charge on any atom is -0.305 e. The molecule has 2 aromatic rings. The summed E-state index contributed by atoms with van der Waals surface area (Å²) in [7, 11) is 0. The van der Waals surface area contributed by atoms with Crippen LogP contribution in [0.2, 0.25) is 0 Å². The lowest BCUT2D eigenvalue weighted by molar-refractivity contribution is 0.511. The van der Waals surface area contributed by atoms with Crippen molar-refractivity contribution in [2.24, 2.45) is 0 Å². The van der Waals surface area contributed by atoms with Crippen molar-refractivity contribution >= 4 is 0 Å². The number of hydrogen-bond donors (Lipinski definition) is 1. The highest BCUT2D eigenvalue weighted by Crippen LogP contribution is 2.20. The molecule has 1 aromatic heterocycles. The van der Waals surface area contributed by atoms with E-state index in [2.05, 4.69) is 53.7 Å². The fraction of sp³-hybridized carbons (Fsp3) is 0.429. The van der Waals surface area contributed by atoms with Crippen LogP contribution in [0.4, 0.5) is 0 Å². The van der Waals surface area contributed by atoms with E-state index in [0.29, 0.717) is 0 Å². The van der Waals surface area contributed by atoms with Crippen LogP contribution >= 0.6 is 0 Å². The summed E-state index contributed by atoms with van der Waals surface area (Å²) in [5, 5.41) is 11.7. The molecule has 1 aromatic carbocycles. The highest BCUT2D eigenvalue weighted by atomic mass is 15.4. The van der Waals surface area contributed by atoms with Gasteiger partial charge in [-0.2, -0.15) is 0 Å². The van der Waals surface area contributed by atoms with E-state index in [0.717, 1.165) is 25.2 Å². The van der Waals surface area contributed by atoms with E-state index in [1.165, 1.54) is 5.56 Å². The lowest BCUT2D eigenvalue weighted by Gasteiger charge is -2.19. The number of benzene rings is 1. The Kier molecular flexibility index (Phi) is 4.47. The molecule has 0 saturated carbocycles. The van der Waals surface area contributed by atoms with Crippen LogP contribution in [0.1, 0.15) is 37.6 Å². The number of aromatic nitrogens is 3. The number of hydrogen-bond acceptors (Lipinski definition) is 3. The molecule has 0 saturated heterocycles. The van der Waals surface area contributed by atoms with E-state index < -0.39 is 0 Å². The van der Waals surface area contributed by atoms with Crippen LogP contribution in [0.5, 0.6) is 0 Å². The van der Waals surface area contributed by atoms with Gasteiger partial charge in [0, 0.05) is 6.54 Å². The van der Waals surface area contributed by atoms with Crippen LogP contribution in [0.25, 0.3) is 0 Å². The van der Waals surface area contributed by atoms with Crippen LogP contribution < -0.4 is 5.32 Å². The molecule has 0 aliphatic carbocycles. The Morgan fingerprint density at radius 1 is 1.22 bits per heavy atom. The SMILES string of the molecule is CCCn1nncc1C(NCC)c1ccccc1. The van der Waals surface area contributed by atoms with Gasteiger partial charge in [0.25, 0.3) is 0 Å². The Bertz CT molecular complexity index is 464. The van der Waals surface area contributed by atoms with Gasteiger partial charge in [-0.15, -0.1) is 5.10 Å². The fourth-order valence-electron chi connectivity index (χ4n) is 2.12. The molecule has 96 valence electrons. The molecule has 1 atom stereocenters. The molecule has 0 fully saturated rings. The van der Waals surface area contributed by atoms with Gasteiger partial charge in [-0.3, -0.25) is 0 Å². The highest BCUT2D eigenvalue weighted by molar-refractivity contribution is 5.26. The quantitative estimate of drug-likeness (QED) is 0.848. The number of nitrogens with zero attached hydrogens (tertiary/aromatic N) is 3. The normalized spacial score (nSPS) is 12.6. The van der Waals surface area contributed by atoms with Gasteiger partial charge in [-0.1, -0.05) is 49.4 Å². The molecule has 2 rings (SSSR count). The van der Waals surface area contributed by atoms with E-state index in [4.69, 9.17) is 0 Å². The van der Waals surface area contributed by atoms with Crippen molar-refractivity contribution in [2.75, 3.05) is 6.54 Å². The molecular formula is C14H20N4. The van der Waals surface area contributed by atoms with E-state index in [1.54, 1.807) is 0 Å². The summed E-state index contributed by atoms with van der Waals surface area (Å²) in [5.41, 5.74) is 2.38. The van der Waals surface area contributed by atoms with Gasteiger partial charge in [0.2, 0.25) is 0 Å². The average molecular weight is 244 g/mol. The Labute approximate surface area is 108 Å². The summed E-state index contributed by atoms with van der Waals surface area (Å²) in [5.74, 6) is 0. The van der Waals surface area contributed by atoms with E-state index in [-0.39, 0.29) is 6.04 Å². The predicted molar refractivity (Wildman–Crippen MR) is 72.3 cm³/mol. The lowest BCUT2D eigenvalue weighted by Crippen LogP contribution is -2.24. The summed E-state index contributed by atoms with van der Waals surface area (Å²) < 4.78 is 1.99. The second kappa shape index (κ2) is 6.31. The molecule has 1 unspecified atom stereocenters. The minimum absolute atomic E-state index is 0.165. The molecule has 18 heavy (non-hydrogen) atoms. The van der Waals surface area contributed by atoms with Gasteiger partial charge in [-0.25, -0.2) is 4.68 Å². The van der Waals surface area contributed by atoms with E-state index in [1.807, 2.05) is 16.9 Å². The molecule has 4 heteroatoms. The summed E-state index contributed by atoms with van der Waals surface area (Å²) in [4.78, 5) is 0. The summed E-state index contributed by atoms with van der Waals surface area (Å²) in [6, 6.07) is 10.6. The monoisotopic (exact) mass is 244 g/mol. The molecule has 0 aliphatic rings. The molecule has 1 heterocycles. The molecule has 1 N–H and O–H groups in total. The van der Waals surface area contributed by atoms with Crippen molar-refractivity contribution in [3.05, 3.63) is 47.8 Å². The molecule has 4 nitrogen and oxygen atoms in total. The van der Waals surface area contributed by atoms with Crippen molar-refractivity contribution < 1.29 is 0 Å².